The number of hydrogen-bond acceptors (Lipinski definition) is 4. The second-order valence-corrected chi connectivity index (χ2v) is 12.1. The Morgan fingerprint density at radius 2 is 0.756 bits per heavy atom. The largest absolute Gasteiger partial charge is 0.289 e. The van der Waals surface area contributed by atoms with E-state index in [1.54, 1.807) is 48.5 Å². The molecule has 41 heavy (non-hydrogen) atoms. The Labute approximate surface area is 244 Å². The highest BCUT2D eigenvalue weighted by molar-refractivity contribution is 7.91. The fourth-order valence-corrected chi connectivity index (χ4v) is 5.09. The lowest BCUT2D eigenvalue weighted by Gasteiger charge is -2.05. The van der Waals surface area contributed by atoms with Crippen LogP contribution in [0.25, 0.3) is 0 Å². The van der Waals surface area contributed by atoms with Gasteiger partial charge in [0.1, 0.15) is 0 Å². The van der Waals surface area contributed by atoms with Crippen molar-refractivity contribution in [3.63, 3.8) is 0 Å². The monoisotopic (exact) mass is 563 g/mol. The van der Waals surface area contributed by atoms with Gasteiger partial charge in [0.2, 0.25) is 9.84 Å². The molecule has 4 aromatic carbocycles. The Hall–Kier alpha value is -4.35. The van der Waals surface area contributed by atoms with Crippen LogP contribution in [0.15, 0.2) is 125 Å². The lowest BCUT2D eigenvalue weighted by Crippen LogP contribution is -2.01. The summed E-state index contributed by atoms with van der Waals surface area (Å²) in [6.07, 6.45) is 0. The highest BCUT2D eigenvalue weighted by Gasteiger charge is 2.16. The van der Waals surface area contributed by atoms with Crippen LogP contribution < -0.4 is 0 Å². The van der Waals surface area contributed by atoms with Gasteiger partial charge < -0.3 is 0 Å². The molecule has 5 aromatic rings. The fraction of sp³-hybridized carbons (Fsp3) is 0.167. The van der Waals surface area contributed by atoms with E-state index < -0.39 is 9.84 Å². The quantitative estimate of drug-likeness (QED) is 0.206. The molecule has 1 aromatic heterocycles. The van der Waals surface area contributed by atoms with Crippen molar-refractivity contribution >= 4 is 15.6 Å². The van der Waals surface area contributed by atoms with Crippen LogP contribution in [0.2, 0.25) is 0 Å². The second kappa shape index (κ2) is 14.3. The Kier molecular flexibility index (Phi) is 10.9. The molecule has 5 heteroatoms. The lowest BCUT2D eigenvalue weighted by atomic mass is 10.0. The minimum Gasteiger partial charge on any atom is -0.289 e. The molecule has 0 saturated heterocycles. The molecule has 0 aliphatic rings. The molecule has 0 saturated carbocycles. The predicted octanol–water partition coefficient (Wildman–Crippen LogP) is 8.37. The third kappa shape index (κ3) is 9.37. The van der Waals surface area contributed by atoms with Crippen LogP contribution in [0.4, 0.5) is 0 Å². The maximum Gasteiger partial charge on any atom is 0.206 e. The third-order valence-corrected chi connectivity index (χ3v) is 8.10. The first kappa shape index (κ1) is 31.2. The standard InChI is InChI=1S/C15H14O.C14H14O2S.C7H9N/c1-11-3-7-13(8-4-11)15(16)14-9-5-12(2)6-10-14;1-11-3-7-13(8-4-11)17(15,16)14-9-5-12(2)6-10-14;1-6-4-3-5-7(2)8-6/h3-10H,1-2H3;3-10H,1-2H3;3-5H,1-2H3. The minimum atomic E-state index is -3.37. The van der Waals surface area contributed by atoms with E-state index in [4.69, 9.17) is 0 Å². The van der Waals surface area contributed by atoms with Gasteiger partial charge in [-0.2, -0.15) is 0 Å². The Bertz CT molecular complexity index is 1550. The highest BCUT2D eigenvalue weighted by atomic mass is 32.2. The molecule has 0 bridgehead atoms. The van der Waals surface area contributed by atoms with Crippen LogP contribution in [0.3, 0.4) is 0 Å². The number of pyridine rings is 1. The number of carbonyl (C=O) groups excluding carboxylic acids is 1. The molecule has 4 nitrogen and oxygen atoms in total. The van der Waals surface area contributed by atoms with Gasteiger partial charge in [-0.15, -0.1) is 0 Å². The number of carbonyl (C=O) groups is 1. The smallest absolute Gasteiger partial charge is 0.206 e. The number of ketones is 1. The van der Waals surface area contributed by atoms with Gasteiger partial charge >= 0.3 is 0 Å². The summed E-state index contributed by atoms with van der Waals surface area (Å²) in [4.78, 5) is 16.9. The normalized spacial score (nSPS) is 10.5. The summed E-state index contributed by atoms with van der Waals surface area (Å²) in [6.45, 7) is 11.9. The average molecular weight is 564 g/mol. The third-order valence-electron chi connectivity index (χ3n) is 6.32. The van der Waals surface area contributed by atoms with Gasteiger partial charge in [-0.25, -0.2) is 8.42 Å². The van der Waals surface area contributed by atoms with Crippen LogP contribution in [0.5, 0.6) is 0 Å². The van der Waals surface area contributed by atoms with E-state index in [2.05, 4.69) is 4.98 Å². The van der Waals surface area contributed by atoms with Crippen LogP contribution >= 0.6 is 0 Å². The Morgan fingerprint density at radius 1 is 0.463 bits per heavy atom. The van der Waals surface area contributed by atoms with Crippen LogP contribution in [0, 0.1) is 41.5 Å². The predicted molar refractivity (Wildman–Crippen MR) is 167 cm³/mol. The molecule has 0 atom stereocenters. The fourth-order valence-electron chi connectivity index (χ4n) is 3.83. The van der Waals surface area contributed by atoms with E-state index >= 15 is 0 Å². The second-order valence-electron chi connectivity index (χ2n) is 10.1. The maximum absolute atomic E-state index is 12.3. The molecule has 0 N–H and O–H groups in total. The van der Waals surface area contributed by atoms with E-state index in [-0.39, 0.29) is 5.78 Å². The zero-order valence-corrected chi connectivity index (χ0v) is 25.4. The van der Waals surface area contributed by atoms with Gasteiger partial charge in [0.05, 0.1) is 9.79 Å². The van der Waals surface area contributed by atoms with E-state index in [9.17, 15) is 13.2 Å². The number of hydrogen-bond donors (Lipinski definition) is 0. The molecule has 0 radical (unpaired) electrons. The molecule has 0 spiro atoms. The first-order valence-corrected chi connectivity index (χ1v) is 14.9. The summed E-state index contributed by atoms with van der Waals surface area (Å²) in [5.41, 5.74) is 8.10. The lowest BCUT2D eigenvalue weighted by molar-refractivity contribution is 0.103. The Morgan fingerprint density at radius 3 is 1.02 bits per heavy atom. The van der Waals surface area contributed by atoms with Gasteiger partial charge in [0.15, 0.2) is 5.78 Å². The topological polar surface area (TPSA) is 64.1 Å². The molecule has 0 aliphatic heterocycles. The first-order valence-electron chi connectivity index (χ1n) is 13.4. The van der Waals surface area contributed by atoms with Crippen molar-refractivity contribution in [1.82, 2.24) is 4.98 Å². The van der Waals surface area contributed by atoms with Crippen molar-refractivity contribution in [2.75, 3.05) is 0 Å². The van der Waals surface area contributed by atoms with Crippen molar-refractivity contribution in [3.8, 4) is 0 Å². The van der Waals surface area contributed by atoms with E-state index in [0.29, 0.717) is 9.79 Å². The summed E-state index contributed by atoms with van der Waals surface area (Å²) < 4.78 is 24.5. The number of benzene rings is 4. The number of aryl methyl sites for hydroxylation is 6. The molecule has 0 fully saturated rings. The first-order chi connectivity index (χ1) is 19.5. The molecular formula is C36H37NO3S. The van der Waals surface area contributed by atoms with Crippen molar-refractivity contribution < 1.29 is 13.2 Å². The van der Waals surface area contributed by atoms with Crippen LogP contribution in [-0.4, -0.2) is 19.2 Å². The van der Waals surface area contributed by atoms with Gasteiger partial charge in [0, 0.05) is 22.5 Å². The summed E-state index contributed by atoms with van der Waals surface area (Å²) >= 11 is 0. The Balaban J connectivity index is 0.000000180. The number of rotatable bonds is 4. The van der Waals surface area contributed by atoms with Crippen molar-refractivity contribution in [2.24, 2.45) is 0 Å². The molecule has 210 valence electrons. The number of sulfone groups is 1. The molecule has 0 aliphatic carbocycles. The zero-order valence-electron chi connectivity index (χ0n) is 24.5. The van der Waals surface area contributed by atoms with Crippen molar-refractivity contribution in [2.45, 2.75) is 51.3 Å². The van der Waals surface area contributed by atoms with E-state index in [1.807, 2.05) is 108 Å². The van der Waals surface area contributed by atoms with Gasteiger partial charge in [0.25, 0.3) is 0 Å². The molecular weight excluding hydrogens is 526 g/mol. The van der Waals surface area contributed by atoms with Crippen molar-refractivity contribution in [1.29, 1.82) is 0 Å². The maximum atomic E-state index is 12.3. The minimum absolute atomic E-state index is 0.0833. The van der Waals surface area contributed by atoms with Crippen molar-refractivity contribution in [3.05, 3.63) is 160 Å². The van der Waals surface area contributed by atoms with Gasteiger partial charge in [-0.1, -0.05) is 101 Å². The summed E-state index contributed by atoms with van der Waals surface area (Å²) in [5.74, 6) is 0.0833. The molecule has 1 heterocycles. The van der Waals surface area contributed by atoms with Gasteiger partial charge in [-0.05, 0) is 77.9 Å². The summed E-state index contributed by atoms with van der Waals surface area (Å²) in [5, 5.41) is 0. The number of aromatic nitrogens is 1. The van der Waals surface area contributed by atoms with E-state index in [1.165, 1.54) is 11.1 Å². The molecule has 0 unspecified atom stereocenters. The highest BCUT2D eigenvalue weighted by Crippen LogP contribution is 2.21. The van der Waals surface area contributed by atoms with Gasteiger partial charge in [-0.3, -0.25) is 9.78 Å². The van der Waals surface area contributed by atoms with Crippen LogP contribution in [0.1, 0.15) is 49.6 Å². The number of nitrogens with zero attached hydrogens (tertiary/aromatic N) is 1. The average Bonchev–Trinajstić information content (AvgIpc) is 2.95. The molecule has 5 rings (SSSR count). The SMILES string of the molecule is Cc1ccc(C(=O)c2ccc(C)cc2)cc1.Cc1ccc(S(=O)(=O)c2ccc(C)cc2)cc1.Cc1cccc(C)n1. The molecule has 0 amide bonds. The summed E-state index contributed by atoms with van der Waals surface area (Å²) in [7, 11) is -3.37. The summed E-state index contributed by atoms with van der Waals surface area (Å²) in [6, 6.07) is 35.1. The van der Waals surface area contributed by atoms with E-state index in [0.717, 1.165) is 33.6 Å². The zero-order chi connectivity index (χ0) is 30.0. The van der Waals surface area contributed by atoms with Crippen LogP contribution in [-0.2, 0) is 9.84 Å².